The van der Waals surface area contributed by atoms with Crippen molar-refractivity contribution in [2.24, 2.45) is 0 Å². The van der Waals surface area contributed by atoms with E-state index in [1.807, 2.05) is 41.5 Å². The van der Waals surface area contributed by atoms with Crippen LogP contribution in [0.1, 0.15) is 60.8 Å². The molecule has 0 spiro atoms. The molecule has 0 saturated heterocycles. The first kappa shape index (κ1) is 22.8. The van der Waals surface area contributed by atoms with Gasteiger partial charge in [-0.05, 0) is 41.5 Å². The Morgan fingerprint density at radius 1 is 0.560 bits per heavy atom. The van der Waals surface area contributed by atoms with Crippen LogP contribution in [0.25, 0.3) is 0 Å². The third-order valence-corrected chi connectivity index (χ3v) is 3.71. The summed E-state index contributed by atoms with van der Waals surface area (Å²) in [5, 5.41) is 0. The van der Waals surface area contributed by atoms with Crippen LogP contribution in [0.3, 0.4) is 0 Å². The summed E-state index contributed by atoms with van der Waals surface area (Å²) in [7, 11) is 0. The molecule has 6 nitrogen and oxygen atoms in total. The van der Waals surface area contributed by atoms with E-state index < -0.39 is 43.1 Å². The zero-order chi connectivity index (χ0) is 19.6. The van der Waals surface area contributed by atoms with Gasteiger partial charge < -0.3 is 9.47 Å². The zero-order valence-electron chi connectivity index (χ0n) is 16.0. The molecule has 0 bridgehead atoms. The van der Waals surface area contributed by atoms with Gasteiger partial charge >= 0.3 is 11.9 Å². The molecular weight excluding hydrogens is 324 g/mol. The number of rotatable bonds is 10. The van der Waals surface area contributed by atoms with Gasteiger partial charge in [0.25, 0.3) is 0 Å². The van der Waals surface area contributed by atoms with E-state index in [0.29, 0.717) is 0 Å². The van der Waals surface area contributed by atoms with E-state index in [-0.39, 0.29) is 12.8 Å². The van der Waals surface area contributed by atoms with Crippen LogP contribution in [0.5, 0.6) is 0 Å². The molecule has 0 aromatic carbocycles. The van der Waals surface area contributed by atoms with Crippen molar-refractivity contribution < 1.29 is 28.7 Å². The van der Waals surface area contributed by atoms with Crippen molar-refractivity contribution >= 4 is 23.5 Å². The van der Waals surface area contributed by atoms with Crippen molar-refractivity contribution in [2.45, 2.75) is 60.8 Å². The predicted octanol–water partition coefficient (Wildman–Crippen LogP) is 3.09. The van der Waals surface area contributed by atoms with Gasteiger partial charge in [0.2, 0.25) is 0 Å². The molecule has 0 radical (unpaired) electrons. The molecule has 25 heavy (non-hydrogen) atoms. The van der Waals surface area contributed by atoms with Crippen molar-refractivity contribution in [2.75, 3.05) is 13.2 Å². The second-order valence-electron chi connectivity index (χ2n) is 6.49. The first-order valence-electron chi connectivity index (χ1n) is 8.13. The third-order valence-electron chi connectivity index (χ3n) is 3.71. The number of carbonyl (C=O) groups excluding carboxylic acids is 4. The first-order valence-corrected chi connectivity index (χ1v) is 8.13. The van der Waals surface area contributed by atoms with E-state index in [1.54, 1.807) is 0 Å². The maximum Gasteiger partial charge on any atom is 0.310 e. The fraction of sp³-hybridized carbons (Fsp3) is 0.579. The van der Waals surface area contributed by atoms with Crippen molar-refractivity contribution in [3.63, 3.8) is 0 Å². The molecule has 0 fully saturated rings. The lowest BCUT2D eigenvalue weighted by molar-refractivity contribution is -0.150. The predicted molar refractivity (Wildman–Crippen MR) is 93.9 cm³/mol. The largest absolute Gasteiger partial charge is 0.457 e. The van der Waals surface area contributed by atoms with Crippen LogP contribution in [0.4, 0.5) is 0 Å². The number of carbonyl (C=O) groups is 4. The van der Waals surface area contributed by atoms with Crippen LogP contribution >= 0.6 is 0 Å². The van der Waals surface area contributed by atoms with E-state index in [0.717, 1.165) is 22.3 Å². The van der Waals surface area contributed by atoms with Crippen molar-refractivity contribution in [1.82, 2.24) is 0 Å². The van der Waals surface area contributed by atoms with Crippen molar-refractivity contribution in [3.05, 3.63) is 22.3 Å². The van der Waals surface area contributed by atoms with Crippen LogP contribution in [0.2, 0.25) is 0 Å². The maximum absolute atomic E-state index is 11.6. The van der Waals surface area contributed by atoms with E-state index in [4.69, 9.17) is 9.47 Å². The summed E-state index contributed by atoms with van der Waals surface area (Å²) >= 11 is 0. The zero-order valence-corrected chi connectivity index (χ0v) is 16.0. The normalized spacial score (nSPS) is 9.84. The van der Waals surface area contributed by atoms with Crippen LogP contribution in [0.15, 0.2) is 22.3 Å². The lowest BCUT2D eigenvalue weighted by Gasteiger charge is -2.07. The fourth-order valence-electron chi connectivity index (χ4n) is 1.53. The monoisotopic (exact) mass is 352 g/mol. The Labute approximate surface area is 149 Å². The van der Waals surface area contributed by atoms with Crippen LogP contribution in [0, 0.1) is 0 Å². The highest BCUT2D eigenvalue weighted by Gasteiger charge is 2.15. The third kappa shape index (κ3) is 11.0. The number of allylic oxidation sites excluding steroid dienone is 2. The summed E-state index contributed by atoms with van der Waals surface area (Å²) in [6.07, 6.45) is -0.195. The van der Waals surface area contributed by atoms with E-state index in [1.165, 1.54) is 0 Å². The minimum Gasteiger partial charge on any atom is -0.457 e. The molecule has 0 aromatic rings. The summed E-state index contributed by atoms with van der Waals surface area (Å²) in [4.78, 5) is 46.4. The number of ketones is 2. The highest BCUT2D eigenvalue weighted by Crippen LogP contribution is 2.09. The van der Waals surface area contributed by atoms with E-state index in [2.05, 4.69) is 0 Å². The topological polar surface area (TPSA) is 86.7 Å². The summed E-state index contributed by atoms with van der Waals surface area (Å²) in [5.41, 5.74) is 3.80. The molecule has 0 N–H and O–H groups in total. The molecular formula is C19H28O6. The van der Waals surface area contributed by atoms with E-state index in [9.17, 15) is 19.2 Å². The SMILES string of the molecule is CC(C)=C(C)CC(=O)OCC(=O)CC(=O)COC(=O)CC(C)=C(C)C. The molecule has 140 valence electrons. The summed E-state index contributed by atoms with van der Waals surface area (Å²) in [6.45, 7) is 10.2. The fourth-order valence-corrected chi connectivity index (χ4v) is 1.53. The Balaban J connectivity index is 4.13. The summed E-state index contributed by atoms with van der Waals surface area (Å²) in [5.74, 6) is -2.07. The maximum atomic E-state index is 11.6. The number of hydrogen-bond donors (Lipinski definition) is 0. The van der Waals surface area contributed by atoms with Gasteiger partial charge in [0.1, 0.15) is 13.2 Å². The Hall–Kier alpha value is -2.24. The number of ether oxygens (including phenoxy) is 2. The standard InChI is InChI=1S/C19H28O6/c1-12(2)14(5)7-18(22)24-10-16(20)9-17(21)11-25-19(23)8-15(6)13(3)4/h7-11H2,1-6H3. The average molecular weight is 352 g/mol. The van der Waals surface area contributed by atoms with Gasteiger partial charge in [0.05, 0.1) is 19.3 Å². The summed E-state index contributed by atoms with van der Waals surface area (Å²) in [6, 6.07) is 0. The van der Waals surface area contributed by atoms with Crippen molar-refractivity contribution in [3.8, 4) is 0 Å². The van der Waals surface area contributed by atoms with Gasteiger partial charge in [0, 0.05) is 0 Å². The lowest BCUT2D eigenvalue weighted by atomic mass is 10.1. The molecule has 0 aromatic heterocycles. The van der Waals surface area contributed by atoms with Gasteiger partial charge in [-0.15, -0.1) is 0 Å². The molecule has 0 aliphatic carbocycles. The smallest absolute Gasteiger partial charge is 0.310 e. The van der Waals surface area contributed by atoms with E-state index >= 15 is 0 Å². The Morgan fingerprint density at radius 3 is 1.16 bits per heavy atom. The molecule has 0 rings (SSSR count). The molecule has 0 unspecified atom stereocenters. The molecule has 0 aliphatic heterocycles. The number of hydrogen-bond acceptors (Lipinski definition) is 6. The average Bonchev–Trinajstić information content (AvgIpc) is 2.50. The van der Waals surface area contributed by atoms with Gasteiger partial charge in [-0.25, -0.2) is 0 Å². The first-order chi connectivity index (χ1) is 11.5. The quantitative estimate of drug-likeness (QED) is 0.341. The Kier molecular flexibility index (Phi) is 10.3. The number of Topliss-reactive ketones (excluding diaryl/α,β-unsaturated/α-hetero) is 2. The van der Waals surface area contributed by atoms with Gasteiger partial charge in [-0.2, -0.15) is 0 Å². The minimum absolute atomic E-state index is 0.116. The molecule has 0 amide bonds. The van der Waals surface area contributed by atoms with Crippen LogP contribution in [-0.2, 0) is 28.7 Å². The van der Waals surface area contributed by atoms with Crippen LogP contribution < -0.4 is 0 Å². The number of esters is 2. The Bertz CT molecular complexity index is 535. The minimum atomic E-state index is -0.523. The Morgan fingerprint density at radius 2 is 0.880 bits per heavy atom. The highest BCUT2D eigenvalue weighted by atomic mass is 16.5. The second kappa shape index (κ2) is 11.3. The lowest BCUT2D eigenvalue weighted by Crippen LogP contribution is -2.21. The molecule has 0 heterocycles. The second-order valence-corrected chi connectivity index (χ2v) is 6.49. The van der Waals surface area contributed by atoms with Crippen LogP contribution in [-0.4, -0.2) is 36.7 Å². The molecule has 0 atom stereocenters. The summed E-state index contributed by atoms with van der Waals surface area (Å²) < 4.78 is 9.68. The van der Waals surface area contributed by atoms with Crippen molar-refractivity contribution in [1.29, 1.82) is 0 Å². The molecule has 0 saturated carbocycles. The molecule has 6 heteroatoms. The van der Waals surface area contributed by atoms with Gasteiger partial charge in [-0.3, -0.25) is 19.2 Å². The van der Waals surface area contributed by atoms with Gasteiger partial charge in [0.15, 0.2) is 11.6 Å². The molecule has 0 aliphatic rings. The highest BCUT2D eigenvalue weighted by molar-refractivity contribution is 6.01. The van der Waals surface area contributed by atoms with Gasteiger partial charge in [-0.1, -0.05) is 22.3 Å².